The standard InChI is InChI=1S/C38H45N3O6S/c1-27(2)24-39-38(43)35(22-30-12-8-7-9-13-30)40(25-31-14-10-11-29(4)21-31)37(42)26-41(34-23-32(46-5)17-20-36(34)47-6)48(44,45)33-18-15-28(3)16-19-33/h7-21,23,27,35H,22,24-26H2,1-6H3,(H,39,43)/t35-/m0/s1. The lowest BCUT2D eigenvalue weighted by Crippen LogP contribution is -2.53. The molecular formula is C38H45N3O6S. The van der Waals surface area contributed by atoms with Crippen LogP contribution in [0.2, 0.25) is 0 Å². The molecule has 4 rings (SSSR count). The monoisotopic (exact) mass is 671 g/mol. The summed E-state index contributed by atoms with van der Waals surface area (Å²) in [6, 6.07) is 27.5. The van der Waals surface area contributed by atoms with Crippen molar-refractivity contribution in [2.24, 2.45) is 5.92 Å². The molecule has 0 heterocycles. The summed E-state index contributed by atoms with van der Waals surface area (Å²) < 4.78 is 40.9. The highest BCUT2D eigenvalue weighted by molar-refractivity contribution is 7.92. The molecule has 254 valence electrons. The van der Waals surface area contributed by atoms with Crippen LogP contribution in [0.3, 0.4) is 0 Å². The van der Waals surface area contributed by atoms with Crippen molar-refractivity contribution in [3.63, 3.8) is 0 Å². The first-order valence-corrected chi connectivity index (χ1v) is 17.3. The SMILES string of the molecule is COc1ccc(OC)c(N(CC(=O)N(Cc2cccc(C)c2)[C@@H](Cc2ccccc2)C(=O)NCC(C)C)S(=O)(=O)c2ccc(C)cc2)c1. The molecule has 0 aliphatic carbocycles. The quantitative estimate of drug-likeness (QED) is 0.168. The molecule has 4 aromatic rings. The van der Waals surface area contributed by atoms with E-state index in [-0.39, 0.29) is 41.1 Å². The Kier molecular flexibility index (Phi) is 12.2. The van der Waals surface area contributed by atoms with E-state index in [2.05, 4.69) is 5.32 Å². The van der Waals surface area contributed by atoms with Gasteiger partial charge in [-0.15, -0.1) is 0 Å². The first kappa shape index (κ1) is 36.0. The molecule has 9 nitrogen and oxygen atoms in total. The lowest BCUT2D eigenvalue weighted by Gasteiger charge is -2.34. The van der Waals surface area contributed by atoms with Crippen molar-refractivity contribution in [1.29, 1.82) is 0 Å². The van der Waals surface area contributed by atoms with Crippen LogP contribution in [0.25, 0.3) is 0 Å². The van der Waals surface area contributed by atoms with Crippen molar-refractivity contribution in [3.8, 4) is 11.5 Å². The minimum atomic E-state index is -4.31. The number of carbonyl (C=O) groups is 2. The van der Waals surface area contributed by atoms with Gasteiger partial charge in [-0.3, -0.25) is 13.9 Å². The van der Waals surface area contributed by atoms with Crippen LogP contribution in [0, 0.1) is 19.8 Å². The third-order valence-corrected chi connectivity index (χ3v) is 9.71. The van der Waals surface area contributed by atoms with Crippen molar-refractivity contribution in [1.82, 2.24) is 10.2 Å². The van der Waals surface area contributed by atoms with Crippen molar-refractivity contribution in [3.05, 3.63) is 119 Å². The molecular weight excluding hydrogens is 627 g/mol. The summed E-state index contributed by atoms with van der Waals surface area (Å²) in [6.07, 6.45) is 0.232. The predicted molar refractivity (Wildman–Crippen MR) is 189 cm³/mol. The normalized spacial score (nSPS) is 11.9. The van der Waals surface area contributed by atoms with Crippen LogP contribution in [-0.2, 0) is 32.6 Å². The lowest BCUT2D eigenvalue weighted by molar-refractivity contribution is -0.140. The van der Waals surface area contributed by atoms with E-state index in [1.165, 1.54) is 37.3 Å². The maximum Gasteiger partial charge on any atom is 0.264 e. The van der Waals surface area contributed by atoms with Crippen LogP contribution >= 0.6 is 0 Å². The molecule has 0 unspecified atom stereocenters. The lowest BCUT2D eigenvalue weighted by atomic mass is 10.0. The fourth-order valence-electron chi connectivity index (χ4n) is 5.33. The van der Waals surface area contributed by atoms with Crippen LogP contribution < -0.4 is 19.1 Å². The molecule has 48 heavy (non-hydrogen) atoms. The van der Waals surface area contributed by atoms with E-state index in [0.29, 0.717) is 12.3 Å². The van der Waals surface area contributed by atoms with Gasteiger partial charge in [0.2, 0.25) is 11.8 Å². The first-order valence-electron chi connectivity index (χ1n) is 15.9. The third-order valence-electron chi connectivity index (χ3n) is 7.93. The van der Waals surface area contributed by atoms with E-state index in [4.69, 9.17) is 9.47 Å². The zero-order valence-electron chi connectivity index (χ0n) is 28.5. The van der Waals surface area contributed by atoms with Gasteiger partial charge in [-0.1, -0.05) is 91.7 Å². The number of benzene rings is 4. The number of ether oxygens (including phenoxy) is 2. The van der Waals surface area contributed by atoms with Gasteiger partial charge in [-0.25, -0.2) is 8.42 Å². The van der Waals surface area contributed by atoms with E-state index in [9.17, 15) is 18.0 Å². The summed E-state index contributed by atoms with van der Waals surface area (Å²) in [7, 11) is -1.40. The van der Waals surface area contributed by atoms with Gasteiger partial charge in [0, 0.05) is 25.6 Å². The van der Waals surface area contributed by atoms with Gasteiger partial charge in [0.15, 0.2) is 0 Å². The molecule has 2 amide bonds. The number of sulfonamides is 1. The highest BCUT2D eigenvalue weighted by Gasteiger charge is 2.36. The molecule has 0 spiro atoms. The number of amides is 2. The van der Waals surface area contributed by atoms with Crippen molar-refractivity contribution in [2.45, 2.75) is 51.6 Å². The summed E-state index contributed by atoms with van der Waals surface area (Å²) in [5.74, 6) is -0.0740. The molecule has 1 N–H and O–H groups in total. The van der Waals surface area contributed by atoms with Crippen molar-refractivity contribution in [2.75, 3.05) is 31.6 Å². The number of methoxy groups -OCH3 is 2. The Hall–Kier alpha value is -4.83. The smallest absolute Gasteiger partial charge is 0.264 e. The molecule has 0 aliphatic heterocycles. The summed E-state index contributed by atoms with van der Waals surface area (Å²) in [4.78, 5) is 30.2. The minimum Gasteiger partial charge on any atom is -0.497 e. The van der Waals surface area contributed by atoms with Crippen LogP contribution in [0.4, 0.5) is 5.69 Å². The van der Waals surface area contributed by atoms with Gasteiger partial charge < -0.3 is 19.7 Å². The van der Waals surface area contributed by atoms with Gasteiger partial charge in [-0.05, 0) is 55.2 Å². The summed E-state index contributed by atoms with van der Waals surface area (Å²) >= 11 is 0. The van der Waals surface area contributed by atoms with Crippen LogP contribution in [0.15, 0.2) is 102 Å². The molecule has 0 radical (unpaired) electrons. The molecule has 0 saturated carbocycles. The predicted octanol–water partition coefficient (Wildman–Crippen LogP) is 5.93. The van der Waals surface area contributed by atoms with E-state index in [1.54, 1.807) is 24.3 Å². The molecule has 0 fully saturated rings. The number of hydrogen-bond acceptors (Lipinski definition) is 6. The number of carbonyl (C=O) groups excluding carboxylic acids is 2. The van der Waals surface area contributed by atoms with Gasteiger partial charge in [0.05, 0.1) is 24.8 Å². The molecule has 0 aliphatic rings. The van der Waals surface area contributed by atoms with E-state index in [0.717, 1.165) is 26.6 Å². The summed E-state index contributed by atoms with van der Waals surface area (Å²) in [5.41, 5.74) is 3.68. The minimum absolute atomic E-state index is 0.00604. The Morgan fingerprint density at radius 2 is 1.48 bits per heavy atom. The Labute approximate surface area is 284 Å². The van der Waals surface area contributed by atoms with Gasteiger partial charge >= 0.3 is 0 Å². The second-order valence-electron chi connectivity index (χ2n) is 12.2. The van der Waals surface area contributed by atoms with Gasteiger partial charge in [-0.2, -0.15) is 0 Å². The summed E-state index contributed by atoms with van der Waals surface area (Å²) in [5, 5.41) is 3.01. The Morgan fingerprint density at radius 1 is 0.792 bits per heavy atom. The van der Waals surface area contributed by atoms with E-state index >= 15 is 0 Å². The van der Waals surface area contributed by atoms with Gasteiger partial charge in [0.25, 0.3) is 10.0 Å². The molecule has 0 saturated heterocycles. The second kappa shape index (κ2) is 16.3. The number of aryl methyl sites for hydroxylation is 2. The number of hydrogen-bond donors (Lipinski definition) is 1. The molecule has 10 heteroatoms. The summed E-state index contributed by atoms with van der Waals surface area (Å²) in [6.45, 7) is 7.72. The van der Waals surface area contributed by atoms with Gasteiger partial charge in [0.1, 0.15) is 24.1 Å². The van der Waals surface area contributed by atoms with Crippen molar-refractivity contribution < 1.29 is 27.5 Å². The largest absolute Gasteiger partial charge is 0.497 e. The fourth-order valence-corrected chi connectivity index (χ4v) is 6.74. The fraction of sp³-hybridized carbons (Fsp3) is 0.316. The Balaban J connectivity index is 1.86. The van der Waals surface area contributed by atoms with Crippen LogP contribution in [-0.4, -0.2) is 58.5 Å². The first-order chi connectivity index (χ1) is 22.9. The molecule has 0 aromatic heterocycles. The maximum absolute atomic E-state index is 14.7. The molecule has 4 aromatic carbocycles. The zero-order valence-corrected chi connectivity index (χ0v) is 29.3. The number of anilines is 1. The highest BCUT2D eigenvalue weighted by Crippen LogP contribution is 2.36. The third kappa shape index (κ3) is 9.16. The highest BCUT2D eigenvalue weighted by atomic mass is 32.2. The molecule has 1 atom stereocenters. The topological polar surface area (TPSA) is 105 Å². The van der Waals surface area contributed by atoms with E-state index in [1.807, 2.05) is 82.3 Å². The average molecular weight is 672 g/mol. The van der Waals surface area contributed by atoms with Crippen LogP contribution in [0.5, 0.6) is 11.5 Å². The number of nitrogens with one attached hydrogen (secondary N) is 1. The van der Waals surface area contributed by atoms with E-state index < -0.39 is 28.5 Å². The number of nitrogens with zero attached hydrogens (tertiary/aromatic N) is 2. The Bertz CT molecular complexity index is 1790. The van der Waals surface area contributed by atoms with Crippen LogP contribution in [0.1, 0.15) is 36.1 Å². The zero-order chi connectivity index (χ0) is 34.8. The Morgan fingerprint density at radius 3 is 2.10 bits per heavy atom. The second-order valence-corrected chi connectivity index (χ2v) is 14.1. The molecule has 0 bridgehead atoms. The maximum atomic E-state index is 14.7. The average Bonchev–Trinajstić information content (AvgIpc) is 3.07. The number of rotatable bonds is 15. The van der Waals surface area contributed by atoms with Crippen molar-refractivity contribution >= 4 is 27.5 Å².